The first kappa shape index (κ1) is 15.6. The molecule has 23 heavy (non-hydrogen) atoms. The van der Waals surface area contributed by atoms with Crippen LogP contribution in [0.15, 0.2) is 48.5 Å². The molecule has 0 bridgehead atoms. The lowest BCUT2D eigenvalue weighted by atomic mass is 9.78. The smallest absolute Gasteiger partial charge is 0.314 e. The van der Waals surface area contributed by atoms with E-state index in [1.54, 1.807) is 0 Å². The van der Waals surface area contributed by atoms with Crippen molar-refractivity contribution in [1.82, 2.24) is 10.6 Å². The van der Waals surface area contributed by atoms with E-state index >= 15 is 0 Å². The summed E-state index contributed by atoms with van der Waals surface area (Å²) in [5.74, 6) is 0.447. The fourth-order valence-electron chi connectivity index (χ4n) is 2.95. The lowest BCUT2D eigenvalue weighted by molar-refractivity contribution is 0.240. The lowest BCUT2D eigenvalue weighted by Gasteiger charge is -2.30. The number of amides is 2. The molecule has 3 rings (SSSR count). The largest absolute Gasteiger partial charge is 0.392 e. The van der Waals surface area contributed by atoms with Crippen LogP contribution in [0.2, 0.25) is 0 Å². The number of rotatable bonds is 6. The molecule has 0 fully saturated rings. The summed E-state index contributed by atoms with van der Waals surface area (Å²) in [4.78, 5) is 11.8. The van der Waals surface area contributed by atoms with E-state index in [0.717, 1.165) is 24.0 Å². The van der Waals surface area contributed by atoms with E-state index in [2.05, 4.69) is 28.8 Å². The molecule has 1 atom stereocenters. The molecule has 120 valence electrons. The molecule has 2 aromatic rings. The Morgan fingerprint density at radius 3 is 2.52 bits per heavy atom. The third kappa shape index (κ3) is 3.90. The van der Waals surface area contributed by atoms with Crippen LogP contribution >= 0.6 is 0 Å². The van der Waals surface area contributed by atoms with Gasteiger partial charge in [-0.3, -0.25) is 0 Å². The average Bonchev–Trinajstić information content (AvgIpc) is 2.56. The fourth-order valence-corrected chi connectivity index (χ4v) is 2.95. The first-order chi connectivity index (χ1) is 11.3. The van der Waals surface area contributed by atoms with Gasteiger partial charge in [-0.2, -0.15) is 0 Å². The molecule has 0 saturated heterocycles. The Kier molecular flexibility index (Phi) is 4.93. The van der Waals surface area contributed by atoms with Crippen LogP contribution in [0.3, 0.4) is 0 Å². The summed E-state index contributed by atoms with van der Waals surface area (Å²) in [6, 6.07) is 16.1. The summed E-state index contributed by atoms with van der Waals surface area (Å²) in [5.41, 5.74) is 4.80. The van der Waals surface area contributed by atoms with Gasteiger partial charge in [0.1, 0.15) is 0 Å². The Hall–Kier alpha value is -2.33. The molecule has 0 radical (unpaired) electrons. The molecule has 1 aliphatic rings. The number of carbonyl (C=O) groups is 1. The van der Waals surface area contributed by atoms with Crippen molar-refractivity contribution in [2.24, 2.45) is 0 Å². The van der Waals surface area contributed by atoms with E-state index in [-0.39, 0.29) is 12.6 Å². The summed E-state index contributed by atoms with van der Waals surface area (Å²) >= 11 is 0. The van der Waals surface area contributed by atoms with E-state index in [1.165, 1.54) is 11.1 Å². The van der Waals surface area contributed by atoms with Crippen LogP contribution in [0.4, 0.5) is 4.79 Å². The number of carbonyl (C=O) groups excluding carboxylic acids is 1. The number of fused-ring (bicyclic) bond motifs is 1. The maximum atomic E-state index is 11.8. The molecule has 0 aliphatic heterocycles. The monoisotopic (exact) mass is 310 g/mol. The summed E-state index contributed by atoms with van der Waals surface area (Å²) in [7, 11) is 0. The molecule has 4 heteroatoms. The van der Waals surface area contributed by atoms with Gasteiger partial charge in [0, 0.05) is 19.0 Å². The van der Waals surface area contributed by atoms with Gasteiger partial charge < -0.3 is 15.7 Å². The molecular weight excluding hydrogens is 288 g/mol. The first-order valence-electron chi connectivity index (χ1n) is 8.04. The Morgan fingerprint density at radius 1 is 1.04 bits per heavy atom. The van der Waals surface area contributed by atoms with Crippen LogP contribution in [-0.4, -0.2) is 24.2 Å². The molecule has 4 nitrogen and oxygen atoms in total. The highest BCUT2D eigenvalue weighted by Gasteiger charge is 2.25. The SMILES string of the molecule is O=C(NCCc1ccc(CO)cc1)NCC1Cc2ccccc21. The summed E-state index contributed by atoms with van der Waals surface area (Å²) in [6.07, 6.45) is 1.83. The number of aliphatic hydroxyl groups excluding tert-OH is 1. The predicted molar refractivity (Wildman–Crippen MR) is 90.4 cm³/mol. The number of urea groups is 1. The van der Waals surface area contributed by atoms with Crippen LogP contribution in [0, 0.1) is 0 Å². The highest BCUT2D eigenvalue weighted by molar-refractivity contribution is 5.74. The highest BCUT2D eigenvalue weighted by atomic mass is 16.3. The number of aliphatic hydroxyl groups is 1. The van der Waals surface area contributed by atoms with Crippen LogP contribution in [0.5, 0.6) is 0 Å². The Bertz CT molecular complexity index is 667. The molecule has 2 aromatic carbocycles. The highest BCUT2D eigenvalue weighted by Crippen LogP contribution is 2.33. The van der Waals surface area contributed by atoms with Crippen LogP contribution < -0.4 is 10.6 Å². The van der Waals surface area contributed by atoms with Gasteiger partial charge >= 0.3 is 6.03 Å². The minimum Gasteiger partial charge on any atom is -0.392 e. The van der Waals surface area contributed by atoms with Gasteiger partial charge in [-0.15, -0.1) is 0 Å². The lowest BCUT2D eigenvalue weighted by Crippen LogP contribution is -2.40. The molecule has 0 heterocycles. The van der Waals surface area contributed by atoms with E-state index in [9.17, 15) is 4.79 Å². The maximum Gasteiger partial charge on any atom is 0.314 e. The standard InChI is InChI=1S/C19H22N2O2/c22-13-15-7-5-14(6-8-15)9-10-20-19(23)21-12-17-11-16-3-1-2-4-18(16)17/h1-8,17,22H,9-13H2,(H2,20,21,23). The number of hydrogen-bond donors (Lipinski definition) is 3. The predicted octanol–water partition coefficient (Wildman–Crippen LogP) is 2.36. The summed E-state index contributed by atoms with van der Waals surface area (Å²) < 4.78 is 0. The molecular formula is C19H22N2O2. The maximum absolute atomic E-state index is 11.8. The third-order valence-electron chi connectivity index (χ3n) is 4.38. The Labute approximate surface area is 136 Å². The van der Waals surface area contributed by atoms with Gasteiger partial charge in [-0.05, 0) is 35.1 Å². The molecule has 0 saturated carbocycles. The van der Waals surface area contributed by atoms with Gasteiger partial charge in [-0.1, -0.05) is 48.5 Å². The molecule has 1 unspecified atom stereocenters. The van der Waals surface area contributed by atoms with Gasteiger partial charge in [0.25, 0.3) is 0 Å². The zero-order valence-corrected chi connectivity index (χ0v) is 13.1. The van der Waals surface area contributed by atoms with Gasteiger partial charge in [0.05, 0.1) is 6.61 Å². The quantitative estimate of drug-likeness (QED) is 0.767. The van der Waals surface area contributed by atoms with Crippen molar-refractivity contribution in [2.75, 3.05) is 13.1 Å². The van der Waals surface area contributed by atoms with E-state index < -0.39 is 0 Å². The van der Waals surface area contributed by atoms with Gasteiger partial charge in [0.15, 0.2) is 0 Å². The van der Waals surface area contributed by atoms with Crippen molar-refractivity contribution in [2.45, 2.75) is 25.4 Å². The number of benzene rings is 2. The summed E-state index contributed by atoms with van der Waals surface area (Å²) in [5, 5.41) is 14.8. The average molecular weight is 310 g/mol. The molecule has 2 amide bonds. The fraction of sp³-hybridized carbons (Fsp3) is 0.316. The van der Waals surface area contributed by atoms with Crippen molar-refractivity contribution in [3.05, 3.63) is 70.8 Å². The Morgan fingerprint density at radius 2 is 1.78 bits per heavy atom. The Balaban J connectivity index is 1.35. The van der Waals surface area contributed by atoms with E-state index in [0.29, 0.717) is 19.0 Å². The third-order valence-corrected chi connectivity index (χ3v) is 4.38. The molecule has 0 spiro atoms. The topological polar surface area (TPSA) is 61.4 Å². The van der Waals surface area contributed by atoms with Crippen LogP contribution in [-0.2, 0) is 19.4 Å². The van der Waals surface area contributed by atoms with Crippen molar-refractivity contribution < 1.29 is 9.90 Å². The van der Waals surface area contributed by atoms with E-state index in [4.69, 9.17) is 5.11 Å². The molecule has 1 aliphatic carbocycles. The molecule has 0 aromatic heterocycles. The number of hydrogen-bond acceptors (Lipinski definition) is 2. The zero-order valence-electron chi connectivity index (χ0n) is 13.1. The normalized spacial score (nSPS) is 15.4. The minimum absolute atomic E-state index is 0.0607. The van der Waals surface area contributed by atoms with Gasteiger partial charge in [0.2, 0.25) is 0 Å². The second-order valence-corrected chi connectivity index (χ2v) is 5.96. The summed E-state index contributed by atoms with van der Waals surface area (Å²) in [6.45, 7) is 1.35. The minimum atomic E-state index is -0.110. The second kappa shape index (κ2) is 7.29. The van der Waals surface area contributed by atoms with Crippen LogP contribution in [0.1, 0.15) is 28.2 Å². The van der Waals surface area contributed by atoms with Crippen molar-refractivity contribution in [3.63, 3.8) is 0 Å². The zero-order chi connectivity index (χ0) is 16.1. The van der Waals surface area contributed by atoms with Gasteiger partial charge in [-0.25, -0.2) is 4.79 Å². The van der Waals surface area contributed by atoms with Crippen molar-refractivity contribution >= 4 is 6.03 Å². The first-order valence-corrected chi connectivity index (χ1v) is 8.04. The van der Waals surface area contributed by atoms with Crippen LogP contribution in [0.25, 0.3) is 0 Å². The second-order valence-electron chi connectivity index (χ2n) is 5.96. The van der Waals surface area contributed by atoms with Crippen molar-refractivity contribution in [3.8, 4) is 0 Å². The molecule has 3 N–H and O–H groups in total. The van der Waals surface area contributed by atoms with E-state index in [1.807, 2.05) is 30.3 Å². The van der Waals surface area contributed by atoms with Crippen molar-refractivity contribution in [1.29, 1.82) is 0 Å². The number of nitrogens with one attached hydrogen (secondary N) is 2.